The molecule has 1 aromatic carbocycles. The molecule has 0 heterocycles. The van der Waals surface area contributed by atoms with Crippen LogP contribution in [0.1, 0.15) is 18.5 Å². The Balaban J connectivity index is 2.83. The van der Waals surface area contributed by atoms with Crippen LogP contribution in [0.5, 0.6) is 0 Å². The second-order valence-corrected chi connectivity index (χ2v) is 4.66. The molecule has 0 radical (unpaired) electrons. The summed E-state index contributed by atoms with van der Waals surface area (Å²) in [6.45, 7) is 2.08. The van der Waals surface area contributed by atoms with Crippen LogP contribution in [0.2, 0.25) is 10.0 Å². The molecule has 0 bridgehead atoms. The summed E-state index contributed by atoms with van der Waals surface area (Å²) in [6, 6.07) is 4.79. The van der Waals surface area contributed by atoms with E-state index in [1.807, 2.05) is 6.92 Å². The Kier molecular flexibility index (Phi) is 5.33. The van der Waals surface area contributed by atoms with Gasteiger partial charge < -0.3 is 10.2 Å². The van der Waals surface area contributed by atoms with Gasteiger partial charge in [0.05, 0.1) is 12.6 Å². The third-order valence-corrected chi connectivity index (χ3v) is 3.22. The number of terminal acetylenes is 1. The second kappa shape index (κ2) is 6.53. The molecule has 5 heteroatoms. The molecule has 1 aromatic rings. The molecule has 2 amide bonds. The van der Waals surface area contributed by atoms with Gasteiger partial charge in [-0.05, 0) is 24.6 Å². The maximum Gasteiger partial charge on any atom is 0.318 e. The van der Waals surface area contributed by atoms with Gasteiger partial charge in [-0.3, -0.25) is 0 Å². The fraction of sp³-hybridized carbons (Fsp3) is 0.308. The van der Waals surface area contributed by atoms with Gasteiger partial charge in [0, 0.05) is 17.1 Å². The molecule has 0 saturated heterocycles. The predicted octanol–water partition coefficient (Wildman–Crippen LogP) is 3.33. The van der Waals surface area contributed by atoms with Crippen molar-refractivity contribution in [3.8, 4) is 12.3 Å². The lowest BCUT2D eigenvalue weighted by atomic mass is 10.1. The van der Waals surface area contributed by atoms with Crippen LogP contribution in [-0.2, 0) is 0 Å². The molecule has 0 aliphatic rings. The molecule has 0 saturated carbocycles. The Morgan fingerprint density at radius 3 is 2.78 bits per heavy atom. The molecule has 3 nitrogen and oxygen atoms in total. The lowest BCUT2D eigenvalue weighted by molar-refractivity contribution is 0.196. The highest BCUT2D eigenvalue weighted by Crippen LogP contribution is 2.28. The van der Waals surface area contributed by atoms with E-state index < -0.39 is 0 Å². The maximum atomic E-state index is 11.7. The summed E-state index contributed by atoms with van der Waals surface area (Å²) in [5, 5.41) is 3.69. The Bertz CT molecular complexity index is 482. The third-order valence-electron chi connectivity index (χ3n) is 2.66. The van der Waals surface area contributed by atoms with E-state index in [1.165, 1.54) is 4.90 Å². The van der Waals surface area contributed by atoms with Crippen LogP contribution in [0, 0.1) is 12.3 Å². The number of carbonyl (C=O) groups is 1. The number of hydrogen-bond acceptors (Lipinski definition) is 1. The number of nitrogens with one attached hydrogen (secondary N) is 1. The highest BCUT2D eigenvalue weighted by atomic mass is 35.5. The van der Waals surface area contributed by atoms with Crippen LogP contribution in [0.25, 0.3) is 0 Å². The molecule has 0 fully saturated rings. The van der Waals surface area contributed by atoms with E-state index in [2.05, 4.69) is 11.2 Å². The van der Waals surface area contributed by atoms with Gasteiger partial charge in [0.1, 0.15) is 0 Å². The molecule has 1 rings (SSSR count). The number of rotatable bonds is 3. The van der Waals surface area contributed by atoms with Crippen LogP contribution in [0.4, 0.5) is 4.79 Å². The summed E-state index contributed by atoms with van der Waals surface area (Å²) in [6.07, 6.45) is 5.09. The average Bonchev–Trinajstić information content (AvgIpc) is 2.34. The molecule has 0 aliphatic carbocycles. The molecule has 0 aliphatic heterocycles. The first-order valence-corrected chi connectivity index (χ1v) is 6.12. The summed E-state index contributed by atoms with van der Waals surface area (Å²) >= 11 is 11.9. The molecular formula is C13H14Cl2N2O. The third kappa shape index (κ3) is 3.56. The lowest BCUT2D eigenvalue weighted by Gasteiger charge is -2.26. The standard InChI is InChI=1S/C13H14Cl2N2O/c1-4-7-16-13(18)17(3)9(2)11-6-5-10(14)8-12(11)15/h1,5-6,8-9H,7H2,2-3H3,(H,16,18)/t9-/m0/s1. The quantitative estimate of drug-likeness (QED) is 0.849. The minimum Gasteiger partial charge on any atom is -0.327 e. The number of amides is 2. The van der Waals surface area contributed by atoms with Crippen molar-refractivity contribution in [2.45, 2.75) is 13.0 Å². The highest BCUT2D eigenvalue weighted by molar-refractivity contribution is 6.35. The molecule has 18 heavy (non-hydrogen) atoms. The van der Waals surface area contributed by atoms with Crippen LogP contribution >= 0.6 is 23.2 Å². The van der Waals surface area contributed by atoms with E-state index in [1.54, 1.807) is 25.2 Å². The smallest absolute Gasteiger partial charge is 0.318 e. The van der Waals surface area contributed by atoms with Crippen LogP contribution in [0.15, 0.2) is 18.2 Å². The monoisotopic (exact) mass is 284 g/mol. The zero-order valence-electron chi connectivity index (χ0n) is 10.2. The van der Waals surface area contributed by atoms with Gasteiger partial charge in [-0.2, -0.15) is 0 Å². The topological polar surface area (TPSA) is 32.3 Å². The van der Waals surface area contributed by atoms with Crippen LogP contribution < -0.4 is 5.32 Å². The van der Waals surface area contributed by atoms with Crippen molar-refractivity contribution in [2.75, 3.05) is 13.6 Å². The zero-order chi connectivity index (χ0) is 13.7. The van der Waals surface area contributed by atoms with E-state index in [-0.39, 0.29) is 18.6 Å². The summed E-state index contributed by atoms with van der Waals surface area (Å²) < 4.78 is 0. The molecule has 0 unspecified atom stereocenters. The Morgan fingerprint density at radius 2 is 2.22 bits per heavy atom. The number of benzene rings is 1. The second-order valence-electron chi connectivity index (χ2n) is 3.82. The van der Waals surface area contributed by atoms with Gasteiger partial charge >= 0.3 is 6.03 Å². The van der Waals surface area contributed by atoms with E-state index in [0.29, 0.717) is 10.0 Å². The number of hydrogen-bond donors (Lipinski definition) is 1. The van der Waals surface area contributed by atoms with Crippen molar-refractivity contribution in [1.29, 1.82) is 0 Å². The molecule has 0 spiro atoms. The van der Waals surface area contributed by atoms with Gasteiger partial charge in [0.15, 0.2) is 0 Å². The minimum absolute atomic E-state index is 0.174. The first-order chi connectivity index (χ1) is 8.47. The fourth-order valence-corrected chi connectivity index (χ4v) is 2.04. The summed E-state index contributed by atoms with van der Waals surface area (Å²) in [5.74, 6) is 2.35. The normalized spacial score (nSPS) is 11.5. The van der Waals surface area contributed by atoms with E-state index in [0.717, 1.165) is 5.56 Å². The van der Waals surface area contributed by atoms with Crippen molar-refractivity contribution in [3.05, 3.63) is 33.8 Å². The van der Waals surface area contributed by atoms with Gasteiger partial charge in [-0.1, -0.05) is 35.2 Å². The fourth-order valence-electron chi connectivity index (χ4n) is 1.48. The Labute approximate surface area is 117 Å². The van der Waals surface area contributed by atoms with Gasteiger partial charge in [0.2, 0.25) is 0 Å². The van der Waals surface area contributed by atoms with Crippen molar-refractivity contribution >= 4 is 29.2 Å². The van der Waals surface area contributed by atoms with E-state index in [4.69, 9.17) is 29.6 Å². The van der Waals surface area contributed by atoms with Gasteiger partial charge in [0.25, 0.3) is 0 Å². The number of urea groups is 1. The van der Waals surface area contributed by atoms with Crippen molar-refractivity contribution in [2.24, 2.45) is 0 Å². The Hall–Kier alpha value is -1.37. The summed E-state index contributed by atoms with van der Waals surface area (Å²) in [4.78, 5) is 13.3. The number of halogens is 2. The Morgan fingerprint density at radius 1 is 1.56 bits per heavy atom. The summed E-state index contributed by atoms with van der Waals surface area (Å²) in [5.41, 5.74) is 0.833. The van der Waals surface area contributed by atoms with Gasteiger partial charge in [-0.25, -0.2) is 4.79 Å². The number of carbonyl (C=O) groups excluding carboxylic acids is 1. The van der Waals surface area contributed by atoms with Crippen molar-refractivity contribution in [3.63, 3.8) is 0 Å². The minimum atomic E-state index is -0.244. The zero-order valence-corrected chi connectivity index (χ0v) is 11.7. The van der Waals surface area contributed by atoms with Crippen molar-refractivity contribution < 1.29 is 4.79 Å². The maximum absolute atomic E-state index is 11.7. The lowest BCUT2D eigenvalue weighted by Crippen LogP contribution is -2.38. The van der Waals surface area contributed by atoms with E-state index >= 15 is 0 Å². The molecule has 1 N–H and O–H groups in total. The van der Waals surface area contributed by atoms with Gasteiger partial charge in [-0.15, -0.1) is 6.42 Å². The first-order valence-electron chi connectivity index (χ1n) is 5.36. The SMILES string of the molecule is C#CCNC(=O)N(C)[C@@H](C)c1ccc(Cl)cc1Cl. The molecule has 1 atom stereocenters. The van der Waals surface area contributed by atoms with Crippen LogP contribution in [0.3, 0.4) is 0 Å². The summed E-state index contributed by atoms with van der Waals surface area (Å²) in [7, 11) is 1.68. The van der Waals surface area contributed by atoms with E-state index in [9.17, 15) is 4.79 Å². The largest absolute Gasteiger partial charge is 0.327 e. The average molecular weight is 285 g/mol. The molecule has 0 aromatic heterocycles. The van der Waals surface area contributed by atoms with Crippen LogP contribution in [-0.4, -0.2) is 24.5 Å². The highest BCUT2D eigenvalue weighted by Gasteiger charge is 2.19. The molecule has 96 valence electrons. The predicted molar refractivity (Wildman–Crippen MR) is 74.9 cm³/mol. The first kappa shape index (κ1) is 14.7. The number of nitrogens with zero attached hydrogens (tertiary/aromatic N) is 1. The molecular weight excluding hydrogens is 271 g/mol. The van der Waals surface area contributed by atoms with Crippen molar-refractivity contribution in [1.82, 2.24) is 10.2 Å².